The predicted molar refractivity (Wildman–Crippen MR) is 87.0 cm³/mol. The van der Waals surface area contributed by atoms with Crippen molar-refractivity contribution in [2.75, 3.05) is 0 Å². The van der Waals surface area contributed by atoms with Crippen molar-refractivity contribution in [3.05, 3.63) is 80.1 Å². The van der Waals surface area contributed by atoms with E-state index in [0.29, 0.717) is 16.0 Å². The fraction of sp³-hybridized carbons (Fsp3) is 0.0588. The zero-order valence-corrected chi connectivity index (χ0v) is 12.8. The molecule has 1 heterocycles. The Morgan fingerprint density at radius 3 is 2.50 bits per heavy atom. The molecule has 3 nitrogen and oxygen atoms in total. The first-order valence-corrected chi connectivity index (χ1v) is 7.30. The molecule has 0 bridgehead atoms. The van der Waals surface area contributed by atoms with Gasteiger partial charge in [0.25, 0.3) is 0 Å². The fourth-order valence-corrected chi connectivity index (χ4v) is 2.74. The van der Waals surface area contributed by atoms with Crippen LogP contribution < -0.4 is 5.43 Å². The van der Waals surface area contributed by atoms with Gasteiger partial charge < -0.3 is 4.42 Å². The summed E-state index contributed by atoms with van der Waals surface area (Å²) in [7, 11) is 0. The number of ketones is 1. The third-order valence-electron chi connectivity index (χ3n) is 3.23. The van der Waals surface area contributed by atoms with E-state index in [0.717, 1.165) is 0 Å². The fourth-order valence-electron chi connectivity index (χ4n) is 2.20. The molecule has 5 heteroatoms. The van der Waals surface area contributed by atoms with Crippen LogP contribution in [0.2, 0.25) is 10.0 Å². The van der Waals surface area contributed by atoms with Crippen LogP contribution in [-0.4, -0.2) is 5.78 Å². The Morgan fingerprint density at radius 1 is 1.05 bits per heavy atom. The van der Waals surface area contributed by atoms with Crippen LogP contribution in [0.3, 0.4) is 0 Å². The van der Waals surface area contributed by atoms with Gasteiger partial charge in [-0.25, -0.2) is 0 Å². The van der Waals surface area contributed by atoms with Gasteiger partial charge in [0.1, 0.15) is 5.76 Å². The molecular formula is C17H10Cl2O3. The largest absolute Gasteiger partial charge is 0.459 e. The summed E-state index contributed by atoms with van der Waals surface area (Å²) in [5.41, 5.74) is 0.531. The second-order valence-electron chi connectivity index (χ2n) is 4.81. The number of rotatable bonds is 3. The van der Waals surface area contributed by atoms with Crippen molar-refractivity contribution in [2.45, 2.75) is 6.42 Å². The zero-order valence-electron chi connectivity index (χ0n) is 11.3. The number of halogens is 2. The second kappa shape index (κ2) is 5.95. The Bertz CT molecular complexity index is 914. The molecule has 0 amide bonds. The lowest BCUT2D eigenvalue weighted by atomic mass is 10.1. The van der Waals surface area contributed by atoms with Crippen molar-refractivity contribution >= 4 is 40.0 Å². The van der Waals surface area contributed by atoms with Crippen molar-refractivity contribution in [1.82, 2.24) is 0 Å². The maximum atomic E-state index is 12.2. The molecule has 0 fully saturated rings. The summed E-state index contributed by atoms with van der Waals surface area (Å²) in [5, 5.41) is 0.903. The van der Waals surface area contributed by atoms with Crippen LogP contribution in [0.4, 0.5) is 0 Å². The average Bonchev–Trinajstić information content (AvgIpc) is 2.49. The Balaban J connectivity index is 2.02. The molecule has 2 aromatic carbocycles. The monoisotopic (exact) mass is 332 g/mol. The molecule has 0 saturated carbocycles. The minimum Gasteiger partial charge on any atom is -0.459 e. The summed E-state index contributed by atoms with van der Waals surface area (Å²) in [4.78, 5) is 24.3. The highest BCUT2D eigenvalue weighted by atomic mass is 35.5. The smallest absolute Gasteiger partial charge is 0.193 e. The first-order valence-electron chi connectivity index (χ1n) is 6.54. The van der Waals surface area contributed by atoms with E-state index in [4.69, 9.17) is 27.6 Å². The summed E-state index contributed by atoms with van der Waals surface area (Å²) in [6.07, 6.45) is -0.00580. The molecular weight excluding hydrogens is 323 g/mol. The maximum absolute atomic E-state index is 12.2. The van der Waals surface area contributed by atoms with E-state index >= 15 is 0 Å². The van der Waals surface area contributed by atoms with E-state index < -0.39 is 0 Å². The van der Waals surface area contributed by atoms with Gasteiger partial charge in [0.15, 0.2) is 16.8 Å². The molecule has 1 aromatic heterocycles. The van der Waals surface area contributed by atoms with E-state index in [1.165, 1.54) is 18.2 Å². The van der Waals surface area contributed by atoms with Crippen LogP contribution in [0.25, 0.3) is 11.0 Å². The molecule has 3 rings (SSSR count). The lowest BCUT2D eigenvalue weighted by Gasteiger charge is -2.05. The molecule has 0 spiro atoms. The van der Waals surface area contributed by atoms with E-state index in [-0.39, 0.29) is 34.0 Å². The lowest BCUT2D eigenvalue weighted by molar-refractivity contribution is 0.0987. The van der Waals surface area contributed by atoms with Gasteiger partial charge in [0, 0.05) is 16.7 Å². The summed E-state index contributed by atoms with van der Waals surface area (Å²) < 4.78 is 5.61. The van der Waals surface area contributed by atoms with Crippen molar-refractivity contribution in [3.63, 3.8) is 0 Å². The van der Waals surface area contributed by atoms with E-state index in [2.05, 4.69) is 0 Å². The Labute approximate surface area is 136 Å². The number of carbonyl (C=O) groups excluding carboxylic acids is 1. The third-order valence-corrected chi connectivity index (χ3v) is 3.73. The molecule has 0 unspecified atom stereocenters. The zero-order chi connectivity index (χ0) is 15.7. The van der Waals surface area contributed by atoms with Crippen LogP contribution >= 0.6 is 23.2 Å². The van der Waals surface area contributed by atoms with Gasteiger partial charge in [0.2, 0.25) is 0 Å². The van der Waals surface area contributed by atoms with Gasteiger partial charge in [-0.2, -0.15) is 0 Å². The minimum absolute atomic E-state index is 0.00580. The SMILES string of the molecule is O=C(Cc1cc(=O)c2cc(Cl)cc(Cl)c2o1)c1ccccc1. The predicted octanol–water partition coefficient (Wildman–Crippen LogP) is 4.53. The third kappa shape index (κ3) is 2.91. The molecule has 0 saturated heterocycles. The van der Waals surface area contributed by atoms with Crippen LogP contribution in [0.1, 0.15) is 16.1 Å². The van der Waals surface area contributed by atoms with E-state index in [1.807, 2.05) is 6.07 Å². The van der Waals surface area contributed by atoms with Gasteiger partial charge in [-0.1, -0.05) is 53.5 Å². The van der Waals surface area contributed by atoms with Crippen LogP contribution in [0, 0.1) is 0 Å². The number of carbonyl (C=O) groups is 1. The number of fused-ring (bicyclic) bond motifs is 1. The molecule has 110 valence electrons. The quantitative estimate of drug-likeness (QED) is 0.662. The highest BCUT2D eigenvalue weighted by Gasteiger charge is 2.13. The minimum atomic E-state index is -0.276. The van der Waals surface area contributed by atoms with Gasteiger partial charge in [-0.3, -0.25) is 9.59 Å². The number of Topliss-reactive ketones (excluding diaryl/α,β-unsaturated/α-hetero) is 1. The lowest BCUT2D eigenvalue weighted by Crippen LogP contribution is -2.08. The first-order chi connectivity index (χ1) is 10.5. The second-order valence-corrected chi connectivity index (χ2v) is 5.65. The van der Waals surface area contributed by atoms with E-state index in [1.54, 1.807) is 24.3 Å². The molecule has 0 aliphatic heterocycles. The Kier molecular flexibility index (Phi) is 4.01. The standard InChI is InChI=1S/C17H10Cl2O3/c18-11-6-13-16(21)9-12(22-17(13)14(19)7-11)8-15(20)10-4-2-1-3-5-10/h1-7,9H,8H2. The molecule has 22 heavy (non-hydrogen) atoms. The topological polar surface area (TPSA) is 47.3 Å². The average molecular weight is 333 g/mol. The van der Waals surface area contributed by atoms with Crippen molar-refractivity contribution in [2.24, 2.45) is 0 Å². The molecule has 0 radical (unpaired) electrons. The highest BCUT2D eigenvalue weighted by molar-refractivity contribution is 6.38. The van der Waals surface area contributed by atoms with Crippen molar-refractivity contribution in [1.29, 1.82) is 0 Å². The van der Waals surface area contributed by atoms with Gasteiger partial charge in [-0.05, 0) is 12.1 Å². The maximum Gasteiger partial charge on any atom is 0.193 e. The Morgan fingerprint density at radius 2 is 1.77 bits per heavy atom. The van der Waals surface area contributed by atoms with E-state index in [9.17, 15) is 9.59 Å². The van der Waals surface area contributed by atoms with Crippen molar-refractivity contribution in [3.8, 4) is 0 Å². The van der Waals surface area contributed by atoms with Gasteiger partial charge in [-0.15, -0.1) is 0 Å². The van der Waals surface area contributed by atoms with Crippen LogP contribution in [0.5, 0.6) is 0 Å². The molecule has 0 aliphatic carbocycles. The Hall–Kier alpha value is -2.10. The molecule has 0 atom stereocenters. The van der Waals surface area contributed by atoms with Gasteiger partial charge in [0.05, 0.1) is 16.8 Å². The van der Waals surface area contributed by atoms with Crippen molar-refractivity contribution < 1.29 is 9.21 Å². The van der Waals surface area contributed by atoms with Crippen LogP contribution in [0.15, 0.2) is 57.7 Å². The number of benzene rings is 2. The first kappa shape index (κ1) is 14.8. The normalized spacial score (nSPS) is 10.8. The molecule has 0 N–H and O–H groups in total. The molecule has 3 aromatic rings. The van der Waals surface area contributed by atoms with Crippen LogP contribution in [-0.2, 0) is 6.42 Å². The summed E-state index contributed by atoms with van der Waals surface area (Å²) in [6, 6.07) is 13.1. The number of hydrogen-bond acceptors (Lipinski definition) is 3. The highest BCUT2D eigenvalue weighted by Crippen LogP contribution is 2.27. The summed E-state index contributed by atoms with van der Waals surface area (Å²) in [6.45, 7) is 0. The number of hydrogen-bond donors (Lipinski definition) is 0. The summed E-state index contributed by atoms with van der Waals surface area (Å²) in [5.74, 6) is 0.142. The van der Waals surface area contributed by atoms with Gasteiger partial charge >= 0.3 is 0 Å². The molecule has 0 aliphatic rings. The summed E-state index contributed by atoms with van der Waals surface area (Å²) >= 11 is 11.9.